The van der Waals surface area contributed by atoms with Crippen molar-refractivity contribution in [2.24, 2.45) is 5.73 Å². The van der Waals surface area contributed by atoms with E-state index in [2.05, 4.69) is 0 Å². The summed E-state index contributed by atoms with van der Waals surface area (Å²) in [5.41, 5.74) is 4.86. The maximum absolute atomic E-state index is 12.4. The molecule has 1 amide bonds. The molecule has 7 nitrogen and oxygen atoms in total. The molecule has 2 aliphatic heterocycles. The van der Waals surface area contributed by atoms with E-state index in [9.17, 15) is 9.59 Å². The van der Waals surface area contributed by atoms with Crippen molar-refractivity contribution in [2.45, 2.75) is 12.0 Å². The average Bonchev–Trinajstić information content (AvgIpc) is 2.90. The van der Waals surface area contributed by atoms with Crippen LogP contribution in [0.1, 0.15) is 16.8 Å². The molecule has 0 saturated carbocycles. The first-order valence-electron chi connectivity index (χ1n) is 6.71. The maximum Gasteiger partial charge on any atom is 0.325 e. The van der Waals surface area contributed by atoms with E-state index in [0.29, 0.717) is 36.8 Å². The number of hydrogen-bond acceptors (Lipinski definition) is 5. The van der Waals surface area contributed by atoms with Gasteiger partial charge in [0, 0.05) is 18.7 Å². The second kappa shape index (κ2) is 4.92. The first kappa shape index (κ1) is 13.7. The van der Waals surface area contributed by atoms with Gasteiger partial charge in [-0.2, -0.15) is 0 Å². The molecule has 3 rings (SSSR count). The number of benzene rings is 1. The van der Waals surface area contributed by atoms with E-state index in [4.69, 9.17) is 20.3 Å². The van der Waals surface area contributed by atoms with Crippen LogP contribution in [0.2, 0.25) is 0 Å². The Bertz CT molecular complexity index is 603. The summed E-state index contributed by atoms with van der Waals surface area (Å²) in [6.45, 7) is 1.27. The van der Waals surface area contributed by atoms with Gasteiger partial charge in [-0.05, 0) is 24.6 Å². The Morgan fingerprint density at radius 3 is 2.62 bits per heavy atom. The zero-order chi connectivity index (χ0) is 15.0. The van der Waals surface area contributed by atoms with Crippen LogP contribution in [-0.2, 0) is 4.79 Å². The lowest BCUT2D eigenvalue weighted by atomic mass is 10.0. The van der Waals surface area contributed by atoms with E-state index >= 15 is 0 Å². The van der Waals surface area contributed by atoms with Crippen LogP contribution in [-0.4, -0.2) is 53.7 Å². The summed E-state index contributed by atoms with van der Waals surface area (Å²) in [4.78, 5) is 25.0. The molecule has 1 saturated heterocycles. The Morgan fingerprint density at radius 2 is 1.95 bits per heavy atom. The third-order valence-corrected chi connectivity index (χ3v) is 3.80. The highest BCUT2D eigenvalue weighted by molar-refractivity contribution is 5.96. The fourth-order valence-electron chi connectivity index (χ4n) is 2.54. The number of amides is 1. The van der Waals surface area contributed by atoms with Crippen LogP contribution >= 0.6 is 0 Å². The Balaban J connectivity index is 1.79. The molecule has 0 radical (unpaired) electrons. The molecule has 7 heteroatoms. The van der Waals surface area contributed by atoms with Crippen molar-refractivity contribution in [2.75, 3.05) is 26.3 Å². The summed E-state index contributed by atoms with van der Waals surface area (Å²) < 4.78 is 10.8. The number of nitrogens with two attached hydrogens (primary N) is 1. The number of carboxylic acid groups (broad SMARTS) is 1. The second-order valence-corrected chi connectivity index (χ2v) is 5.30. The number of aliphatic carboxylic acids is 1. The molecule has 1 aromatic carbocycles. The number of carbonyl (C=O) groups excluding carboxylic acids is 1. The quantitative estimate of drug-likeness (QED) is 0.800. The van der Waals surface area contributed by atoms with E-state index in [1.165, 1.54) is 4.90 Å². The minimum Gasteiger partial charge on any atom is -0.486 e. The summed E-state index contributed by atoms with van der Waals surface area (Å²) in [5.74, 6) is -0.193. The Kier molecular flexibility index (Phi) is 3.21. The molecule has 1 fully saturated rings. The van der Waals surface area contributed by atoms with Crippen molar-refractivity contribution in [3.63, 3.8) is 0 Å². The number of nitrogens with zero attached hydrogens (tertiary/aromatic N) is 1. The fourth-order valence-corrected chi connectivity index (χ4v) is 2.54. The van der Waals surface area contributed by atoms with Crippen LogP contribution < -0.4 is 15.2 Å². The smallest absolute Gasteiger partial charge is 0.325 e. The molecule has 0 spiro atoms. The van der Waals surface area contributed by atoms with Gasteiger partial charge in [0.1, 0.15) is 18.8 Å². The molecular formula is C14H16N2O5. The molecule has 3 N–H and O–H groups in total. The fraction of sp³-hybridized carbons (Fsp3) is 0.429. The molecule has 0 aromatic heterocycles. The normalized spacial score (nSPS) is 24.0. The minimum atomic E-state index is -1.36. The molecule has 21 heavy (non-hydrogen) atoms. The van der Waals surface area contributed by atoms with Gasteiger partial charge in [0.15, 0.2) is 11.5 Å². The maximum atomic E-state index is 12.4. The Hall–Kier alpha value is -2.28. The van der Waals surface area contributed by atoms with Crippen LogP contribution in [0.15, 0.2) is 18.2 Å². The molecule has 1 atom stereocenters. The van der Waals surface area contributed by atoms with E-state index in [-0.39, 0.29) is 18.9 Å². The van der Waals surface area contributed by atoms with Crippen molar-refractivity contribution in [1.82, 2.24) is 4.90 Å². The zero-order valence-electron chi connectivity index (χ0n) is 11.4. The molecule has 0 aliphatic carbocycles. The van der Waals surface area contributed by atoms with Gasteiger partial charge in [0.25, 0.3) is 5.91 Å². The molecule has 2 heterocycles. The van der Waals surface area contributed by atoms with Crippen LogP contribution in [0.3, 0.4) is 0 Å². The standard InChI is InChI=1S/C14H16N2O5/c15-14(13(18)19)3-4-16(8-14)12(17)9-1-2-10-11(7-9)21-6-5-20-10/h1-2,7H,3-6,8,15H2,(H,18,19). The van der Waals surface area contributed by atoms with Gasteiger partial charge in [0.2, 0.25) is 0 Å². The molecule has 1 unspecified atom stereocenters. The van der Waals surface area contributed by atoms with Crippen molar-refractivity contribution < 1.29 is 24.2 Å². The zero-order valence-corrected chi connectivity index (χ0v) is 11.4. The number of ether oxygens (including phenoxy) is 2. The largest absolute Gasteiger partial charge is 0.486 e. The molecular weight excluding hydrogens is 276 g/mol. The van der Waals surface area contributed by atoms with Gasteiger partial charge in [-0.15, -0.1) is 0 Å². The third kappa shape index (κ3) is 2.40. The molecule has 2 aliphatic rings. The molecule has 0 bridgehead atoms. The molecule has 112 valence electrons. The number of carboxylic acids is 1. The SMILES string of the molecule is NC1(C(=O)O)CCN(C(=O)c2ccc3c(c2)OCCO3)C1. The summed E-state index contributed by atoms with van der Waals surface area (Å²) in [5, 5.41) is 9.10. The van der Waals surface area contributed by atoms with Crippen molar-refractivity contribution in [3.05, 3.63) is 23.8 Å². The van der Waals surface area contributed by atoms with Gasteiger partial charge in [-0.25, -0.2) is 0 Å². The van der Waals surface area contributed by atoms with E-state index in [1.807, 2.05) is 0 Å². The van der Waals surface area contributed by atoms with E-state index < -0.39 is 11.5 Å². The van der Waals surface area contributed by atoms with Gasteiger partial charge in [-0.1, -0.05) is 0 Å². The highest BCUT2D eigenvalue weighted by Gasteiger charge is 2.43. The first-order chi connectivity index (χ1) is 9.99. The second-order valence-electron chi connectivity index (χ2n) is 5.30. The number of hydrogen-bond donors (Lipinski definition) is 2. The van der Waals surface area contributed by atoms with Crippen LogP contribution in [0.4, 0.5) is 0 Å². The monoisotopic (exact) mass is 292 g/mol. The highest BCUT2D eigenvalue weighted by atomic mass is 16.6. The third-order valence-electron chi connectivity index (χ3n) is 3.80. The highest BCUT2D eigenvalue weighted by Crippen LogP contribution is 2.31. The lowest BCUT2D eigenvalue weighted by Crippen LogP contribution is -2.50. The predicted molar refractivity (Wildman–Crippen MR) is 72.5 cm³/mol. The summed E-state index contributed by atoms with van der Waals surface area (Å²) in [6, 6.07) is 4.95. The average molecular weight is 292 g/mol. The summed E-state index contributed by atoms with van der Waals surface area (Å²) in [6.07, 6.45) is 0.249. The number of fused-ring (bicyclic) bond motifs is 1. The van der Waals surface area contributed by atoms with Crippen molar-refractivity contribution in [3.8, 4) is 11.5 Å². The predicted octanol–water partition coefficient (Wildman–Crippen LogP) is 0.0858. The van der Waals surface area contributed by atoms with Crippen LogP contribution in [0.5, 0.6) is 11.5 Å². The first-order valence-corrected chi connectivity index (χ1v) is 6.71. The Labute approximate surface area is 121 Å². The lowest BCUT2D eigenvalue weighted by Gasteiger charge is -2.22. The topological polar surface area (TPSA) is 102 Å². The molecule has 1 aromatic rings. The Morgan fingerprint density at radius 1 is 1.24 bits per heavy atom. The minimum absolute atomic E-state index is 0.00953. The summed E-state index contributed by atoms with van der Waals surface area (Å²) in [7, 11) is 0. The summed E-state index contributed by atoms with van der Waals surface area (Å²) >= 11 is 0. The van der Waals surface area contributed by atoms with Gasteiger partial charge < -0.3 is 25.2 Å². The van der Waals surface area contributed by atoms with Crippen LogP contribution in [0, 0.1) is 0 Å². The van der Waals surface area contributed by atoms with Crippen LogP contribution in [0.25, 0.3) is 0 Å². The number of likely N-dealkylation sites (tertiary alicyclic amines) is 1. The number of carbonyl (C=O) groups is 2. The van der Waals surface area contributed by atoms with E-state index in [0.717, 1.165) is 0 Å². The van der Waals surface area contributed by atoms with Gasteiger partial charge >= 0.3 is 5.97 Å². The van der Waals surface area contributed by atoms with E-state index in [1.54, 1.807) is 18.2 Å². The number of rotatable bonds is 2. The van der Waals surface area contributed by atoms with Crippen molar-refractivity contribution >= 4 is 11.9 Å². The van der Waals surface area contributed by atoms with Crippen molar-refractivity contribution in [1.29, 1.82) is 0 Å². The lowest BCUT2D eigenvalue weighted by molar-refractivity contribution is -0.142. The van der Waals surface area contributed by atoms with Gasteiger partial charge in [-0.3, -0.25) is 9.59 Å². The van der Waals surface area contributed by atoms with Gasteiger partial charge in [0.05, 0.1) is 0 Å².